The van der Waals surface area contributed by atoms with Gasteiger partial charge in [0, 0.05) is 23.8 Å². The number of anilines is 1. The zero-order chi connectivity index (χ0) is 14.7. The molecule has 0 spiro atoms. The number of benzene rings is 2. The van der Waals surface area contributed by atoms with Crippen LogP contribution in [0.25, 0.3) is 0 Å². The van der Waals surface area contributed by atoms with Crippen molar-refractivity contribution in [2.24, 2.45) is 0 Å². The second kappa shape index (κ2) is 6.16. The molecule has 2 aromatic carbocycles. The summed E-state index contributed by atoms with van der Waals surface area (Å²) in [6.45, 7) is 0. The van der Waals surface area contributed by atoms with Crippen LogP contribution in [-0.4, -0.2) is 20.1 Å². The van der Waals surface area contributed by atoms with E-state index in [-0.39, 0.29) is 5.91 Å². The Labute approximate surface area is 127 Å². The van der Waals surface area contributed by atoms with Crippen molar-refractivity contribution in [3.8, 4) is 5.75 Å². The summed E-state index contributed by atoms with van der Waals surface area (Å²) in [4.78, 5) is 13.9. The number of amides is 1. The second-order valence-electron chi connectivity index (χ2n) is 4.19. The van der Waals surface area contributed by atoms with Crippen molar-refractivity contribution in [1.29, 1.82) is 0 Å². The minimum Gasteiger partial charge on any atom is -0.497 e. The first-order valence-corrected chi connectivity index (χ1v) is 6.65. The third kappa shape index (κ3) is 3.06. The van der Waals surface area contributed by atoms with Gasteiger partial charge in [0.05, 0.1) is 17.7 Å². The fourth-order valence-electron chi connectivity index (χ4n) is 1.78. The molecule has 0 aliphatic carbocycles. The summed E-state index contributed by atoms with van der Waals surface area (Å²) < 4.78 is 5.15. The number of methoxy groups -OCH3 is 1. The summed E-state index contributed by atoms with van der Waals surface area (Å²) >= 11 is 11.9. The second-order valence-corrected chi connectivity index (χ2v) is 5.03. The molecular formula is C15H13Cl2NO2. The first-order chi connectivity index (χ1) is 9.52. The summed E-state index contributed by atoms with van der Waals surface area (Å²) in [7, 11) is 3.26. The Hall–Kier alpha value is -1.71. The number of rotatable bonds is 3. The highest BCUT2D eigenvalue weighted by atomic mass is 35.5. The van der Waals surface area contributed by atoms with Crippen LogP contribution >= 0.6 is 23.2 Å². The molecule has 0 aliphatic rings. The maximum atomic E-state index is 12.4. The average Bonchev–Trinajstić information content (AvgIpc) is 2.46. The highest BCUT2D eigenvalue weighted by Gasteiger charge is 2.17. The maximum Gasteiger partial charge on any atom is 0.259 e. The molecule has 2 rings (SSSR count). The number of hydrogen-bond donors (Lipinski definition) is 0. The Bertz CT molecular complexity index is 644. The lowest BCUT2D eigenvalue weighted by Crippen LogP contribution is -2.26. The van der Waals surface area contributed by atoms with E-state index in [1.54, 1.807) is 38.4 Å². The van der Waals surface area contributed by atoms with E-state index >= 15 is 0 Å². The molecule has 0 fully saturated rings. The van der Waals surface area contributed by atoms with Crippen molar-refractivity contribution in [1.82, 2.24) is 0 Å². The number of nitrogens with zero attached hydrogens (tertiary/aromatic N) is 1. The molecule has 0 N–H and O–H groups in total. The Morgan fingerprint density at radius 1 is 1.15 bits per heavy atom. The van der Waals surface area contributed by atoms with Crippen LogP contribution in [0.1, 0.15) is 10.4 Å². The summed E-state index contributed by atoms with van der Waals surface area (Å²) in [6.07, 6.45) is 0. The predicted octanol–water partition coefficient (Wildman–Crippen LogP) is 4.28. The Kier molecular flexibility index (Phi) is 4.53. The van der Waals surface area contributed by atoms with Gasteiger partial charge in [-0.15, -0.1) is 0 Å². The van der Waals surface area contributed by atoms with E-state index in [4.69, 9.17) is 27.9 Å². The summed E-state index contributed by atoms with van der Waals surface area (Å²) in [5, 5.41) is 0.827. The third-order valence-corrected chi connectivity index (χ3v) is 3.45. The first kappa shape index (κ1) is 14.7. The molecule has 104 valence electrons. The molecule has 2 aromatic rings. The van der Waals surface area contributed by atoms with Crippen molar-refractivity contribution in [2.75, 3.05) is 19.1 Å². The number of ether oxygens (including phenoxy) is 1. The van der Waals surface area contributed by atoms with Crippen LogP contribution in [0.5, 0.6) is 5.75 Å². The standard InChI is InChI=1S/C15H13Cl2NO2/c1-18(11-4-3-5-12(9-11)20-2)15(19)13-7-6-10(16)8-14(13)17/h3-9H,1-2H3. The molecule has 0 atom stereocenters. The fourth-order valence-corrected chi connectivity index (χ4v) is 2.27. The van der Waals surface area contributed by atoms with Gasteiger partial charge in [0.2, 0.25) is 0 Å². The van der Waals surface area contributed by atoms with Crippen LogP contribution in [0.15, 0.2) is 42.5 Å². The Morgan fingerprint density at radius 2 is 1.90 bits per heavy atom. The van der Waals surface area contributed by atoms with Gasteiger partial charge in [-0.3, -0.25) is 4.79 Å². The normalized spacial score (nSPS) is 10.2. The van der Waals surface area contributed by atoms with Gasteiger partial charge < -0.3 is 9.64 Å². The molecule has 0 aromatic heterocycles. The molecule has 1 amide bonds. The highest BCUT2D eigenvalue weighted by Crippen LogP contribution is 2.25. The average molecular weight is 310 g/mol. The zero-order valence-electron chi connectivity index (χ0n) is 11.1. The monoisotopic (exact) mass is 309 g/mol. The molecule has 0 aliphatic heterocycles. The topological polar surface area (TPSA) is 29.5 Å². The molecule has 5 heteroatoms. The van der Waals surface area contributed by atoms with Crippen LogP contribution in [-0.2, 0) is 0 Å². The van der Waals surface area contributed by atoms with E-state index in [0.29, 0.717) is 21.4 Å². The van der Waals surface area contributed by atoms with E-state index < -0.39 is 0 Å². The van der Waals surface area contributed by atoms with Crippen LogP contribution in [0.2, 0.25) is 10.0 Å². The van der Waals surface area contributed by atoms with Gasteiger partial charge >= 0.3 is 0 Å². The molecule has 0 saturated carbocycles. The van der Waals surface area contributed by atoms with Gasteiger partial charge in [0.25, 0.3) is 5.91 Å². The summed E-state index contributed by atoms with van der Waals surface area (Å²) in [5.41, 5.74) is 1.13. The van der Waals surface area contributed by atoms with Gasteiger partial charge in [-0.1, -0.05) is 29.3 Å². The van der Waals surface area contributed by atoms with Gasteiger partial charge in [0.1, 0.15) is 5.75 Å². The SMILES string of the molecule is COc1cccc(N(C)C(=O)c2ccc(Cl)cc2Cl)c1. The Balaban J connectivity index is 2.32. The number of carbonyl (C=O) groups is 1. The van der Waals surface area contributed by atoms with Crippen LogP contribution in [0.4, 0.5) is 5.69 Å². The Morgan fingerprint density at radius 3 is 2.55 bits per heavy atom. The molecule has 0 radical (unpaired) electrons. The lowest BCUT2D eigenvalue weighted by molar-refractivity contribution is 0.0993. The first-order valence-electron chi connectivity index (χ1n) is 5.90. The van der Waals surface area contributed by atoms with E-state index in [1.165, 1.54) is 4.90 Å². The molecule has 0 saturated heterocycles. The van der Waals surface area contributed by atoms with Crippen LogP contribution in [0, 0.1) is 0 Å². The zero-order valence-corrected chi connectivity index (χ0v) is 12.6. The molecule has 0 bridgehead atoms. The molecule has 0 heterocycles. The highest BCUT2D eigenvalue weighted by molar-refractivity contribution is 6.37. The minimum atomic E-state index is -0.208. The van der Waals surface area contributed by atoms with Crippen LogP contribution < -0.4 is 9.64 Å². The van der Waals surface area contributed by atoms with Gasteiger partial charge in [-0.25, -0.2) is 0 Å². The van der Waals surface area contributed by atoms with Crippen molar-refractivity contribution in [3.63, 3.8) is 0 Å². The van der Waals surface area contributed by atoms with Crippen molar-refractivity contribution >= 4 is 34.8 Å². The van der Waals surface area contributed by atoms with Crippen molar-refractivity contribution < 1.29 is 9.53 Å². The molecule has 3 nitrogen and oxygen atoms in total. The minimum absolute atomic E-state index is 0.208. The predicted molar refractivity (Wildman–Crippen MR) is 82.2 cm³/mol. The van der Waals surface area contributed by atoms with Gasteiger partial charge in [0.15, 0.2) is 0 Å². The smallest absolute Gasteiger partial charge is 0.259 e. The number of hydrogen-bond acceptors (Lipinski definition) is 2. The number of carbonyl (C=O) groups excluding carboxylic acids is 1. The van der Waals surface area contributed by atoms with Crippen LogP contribution in [0.3, 0.4) is 0 Å². The maximum absolute atomic E-state index is 12.4. The largest absolute Gasteiger partial charge is 0.497 e. The lowest BCUT2D eigenvalue weighted by atomic mass is 10.2. The van der Waals surface area contributed by atoms with E-state index in [2.05, 4.69) is 0 Å². The van der Waals surface area contributed by atoms with Crippen molar-refractivity contribution in [3.05, 3.63) is 58.1 Å². The molecule has 0 unspecified atom stereocenters. The molecular weight excluding hydrogens is 297 g/mol. The van der Waals surface area contributed by atoms with Gasteiger partial charge in [-0.05, 0) is 30.3 Å². The number of halogens is 2. The van der Waals surface area contributed by atoms with E-state index in [9.17, 15) is 4.79 Å². The van der Waals surface area contributed by atoms with E-state index in [0.717, 1.165) is 5.69 Å². The fraction of sp³-hybridized carbons (Fsp3) is 0.133. The van der Waals surface area contributed by atoms with E-state index in [1.807, 2.05) is 18.2 Å². The summed E-state index contributed by atoms with van der Waals surface area (Å²) in [5.74, 6) is 0.476. The third-order valence-electron chi connectivity index (χ3n) is 2.91. The van der Waals surface area contributed by atoms with Crippen molar-refractivity contribution in [2.45, 2.75) is 0 Å². The molecule has 20 heavy (non-hydrogen) atoms. The quantitative estimate of drug-likeness (QED) is 0.847. The lowest BCUT2D eigenvalue weighted by Gasteiger charge is -2.18. The van der Waals surface area contributed by atoms with Gasteiger partial charge in [-0.2, -0.15) is 0 Å². The summed E-state index contributed by atoms with van der Waals surface area (Å²) in [6, 6.07) is 12.0.